The van der Waals surface area contributed by atoms with E-state index in [-0.39, 0.29) is 22.8 Å². The Morgan fingerprint density at radius 3 is 1.95 bits per heavy atom. The molecule has 4 heteroatoms. The van der Waals surface area contributed by atoms with Crippen molar-refractivity contribution >= 4 is 8.32 Å². The third kappa shape index (κ3) is 4.41. The van der Waals surface area contributed by atoms with Gasteiger partial charge in [-0.1, -0.05) is 32.9 Å². The van der Waals surface area contributed by atoms with Gasteiger partial charge >= 0.3 is 0 Å². The predicted molar refractivity (Wildman–Crippen MR) is 81.8 cm³/mol. The van der Waals surface area contributed by atoms with Crippen molar-refractivity contribution in [3.05, 3.63) is 12.2 Å². The van der Waals surface area contributed by atoms with Crippen molar-refractivity contribution < 1.29 is 14.3 Å². The van der Waals surface area contributed by atoms with Crippen LogP contribution in [0.15, 0.2) is 12.2 Å². The first-order valence-electron chi connectivity index (χ1n) is 7.05. The number of ether oxygens (including phenoxy) is 1. The first-order chi connectivity index (χ1) is 8.33. The highest BCUT2D eigenvalue weighted by Crippen LogP contribution is 2.39. The largest absolute Gasteiger partial charge is 0.408 e. The molecule has 0 aromatic heterocycles. The Bertz CT molecular complexity index is 336. The van der Waals surface area contributed by atoms with E-state index in [1.54, 1.807) is 6.08 Å². The molecule has 0 aromatic carbocycles. The smallest absolute Gasteiger partial charge is 0.192 e. The molecule has 0 fully saturated rings. The average molecular weight is 286 g/mol. The van der Waals surface area contributed by atoms with Gasteiger partial charge in [0.1, 0.15) is 12.2 Å². The lowest BCUT2D eigenvalue weighted by Crippen LogP contribution is -2.50. The molecule has 0 saturated heterocycles. The highest BCUT2D eigenvalue weighted by molar-refractivity contribution is 6.74. The normalized spacial score (nSPS) is 29.0. The molecule has 0 heterocycles. The van der Waals surface area contributed by atoms with E-state index in [1.807, 2.05) is 26.8 Å². The first kappa shape index (κ1) is 16.9. The van der Waals surface area contributed by atoms with E-state index in [0.717, 1.165) is 0 Å². The zero-order chi connectivity index (χ0) is 15.1. The number of rotatable bonds is 3. The average Bonchev–Trinajstić information content (AvgIpc) is 2.45. The van der Waals surface area contributed by atoms with Crippen LogP contribution >= 0.6 is 0 Å². The summed E-state index contributed by atoms with van der Waals surface area (Å²) in [6.45, 7) is 17.1. The number of hydrogen-bond donors (Lipinski definition) is 1. The molecule has 0 spiro atoms. The summed E-state index contributed by atoms with van der Waals surface area (Å²) in [6, 6.07) is 0. The van der Waals surface area contributed by atoms with Gasteiger partial charge in [0, 0.05) is 0 Å². The second kappa shape index (κ2) is 5.32. The van der Waals surface area contributed by atoms with Crippen LogP contribution in [0.5, 0.6) is 0 Å². The van der Waals surface area contributed by atoms with Crippen LogP contribution in [0, 0.1) is 0 Å². The Hall–Kier alpha value is -0.163. The van der Waals surface area contributed by atoms with Crippen LogP contribution < -0.4 is 0 Å². The molecule has 112 valence electrons. The van der Waals surface area contributed by atoms with E-state index in [4.69, 9.17) is 9.16 Å². The van der Waals surface area contributed by atoms with E-state index in [0.29, 0.717) is 0 Å². The Morgan fingerprint density at radius 2 is 1.53 bits per heavy atom. The molecular weight excluding hydrogens is 256 g/mol. The highest BCUT2D eigenvalue weighted by atomic mass is 28.4. The topological polar surface area (TPSA) is 38.7 Å². The van der Waals surface area contributed by atoms with Gasteiger partial charge in [-0.05, 0) is 38.9 Å². The molecule has 0 unspecified atom stereocenters. The lowest BCUT2D eigenvalue weighted by Gasteiger charge is -2.41. The van der Waals surface area contributed by atoms with Gasteiger partial charge in [-0.25, -0.2) is 0 Å². The van der Waals surface area contributed by atoms with Crippen LogP contribution in [0.25, 0.3) is 0 Å². The van der Waals surface area contributed by atoms with Gasteiger partial charge in [0.25, 0.3) is 0 Å². The molecule has 0 aromatic rings. The standard InChI is InChI=1S/C15H30O3Si/c1-14(2,3)17-12-10-9-11(16)13(12)18-19(7,8)15(4,5)6/h9-13,16H,1-8H3/t11-,12+,13+/m0/s1. The van der Waals surface area contributed by atoms with Crippen molar-refractivity contribution in [2.24, 2.45) is 0 Å². The minimum Gasteiger partial charge on any atom is -0.408 e. The monoisotopic (exact) mass is 286 g/mol. The zero-order valence-corrected chi connectivity index (χ0v) is 14.7. The molecule has 0 bridgehead atoms. The maximum atomic E-state index is 10.1. The SMILES string of the molecule is CC(C)(C)O[C@@H]1C=C[C@H](O)[C@H]1O[Si](C)(C)C(C)(C)C. The van der Waals surface area contributed by atoms with Crippen LogP contribution in [-0.4, -0.2) is 37.3 Å². The molecule has 1 aliphatic carbocycles. The van der Waals surface area contributed by atoms with Gasteiger partial charge in [0.2, 0.25) is 0 Å². The van der Waals surface area contributed by atoms with E-state index >= 15 is 0 Å². The maximum absolute atomic E-state index is 10.1. The summed E-state index contributed by atoms with van der Waals surface area (Å²) in [5.74, 6) is 0. The minimum absolute atomic E-state index is 0.127. The van der Waals surface area contributed by atoms with E-state index < -0.39 is 14.4 Å². The summed E-state index contributed by atoms with van der Waals surface area (Å²) in [7, 11) is -1.91. The van der Waals surface area contributed by atoms with Crippen molar-refractivity contribution in [1.29, 1.82) is 0 Å². The van der Waals surface area contributed by atoms with Crippen LogP contribution in [0.3, 0.4) is 0 Å². The fourth-order valence-electron chi connectivity index (χ4n) is 1.81. The Labute approximate surface area is 119 Å². The fourth-order valence-corrected chi connectivity index (χ4v) is 3.11. The third-order valence-corrected chi connectivity index (χ3v) is 8.36. The predicted octanol–water partition coefficient (Wildman–Crippen LogP) is 3.49. The molecule has 0 aliphatic heterocycles. The maximum Gasteiger partial charge on any atom is 0.192 e. The highest BCUT2D eigenvalue weighted by Gasteiger charge is 2.44. The van der Waals surface area contributed by atoms with E-state index in [2.05, 4.69) is 33.9 Å². The van der Waals surface area contributed by atoms with Crippen molar-refractivity contribution in [3.63, 3.8) is 0 Å². The molecule has 0 radical (unpaired) electrons. The van der Waals surface area contributed by atoms with Gasteiger partial charge in [-0.2, -0.15) is 0 Å². The molecule has 0 amide bonds. The summed E-state index contributed by atoms with van der Waals surface area (Å²) in [4.78, 5) is 0. The van der Waals surface area contributed by atoms with Crippen LogP contribution in [0.4, 0.5) is 0 Å². The second-order valence-electron chi connectivity index (χ2n) is 7.91. The molecular formula is C15H30O3Si. The number of aliphatic hydroxyl groups excluding tert-OH is 1. The van der Waals surface area contributed by atoms with Gasteiger partial charge in [-0.15, -0.1) is 0 Å². The molecule has 1 N–H and O–H groups in total. The minimum atomic E-state index is -1.91. The molecule has 0 saturated carbocycles. The van der Waals surface area contributed by atoms with Crippen molar-refractivity contribution in [2.75, 3.05) is 0 Å². The summed E-state index contributed by atoms with van der Waals surface area (Å²) >= 11 is 0. The molecule has 3 nitrogen and oxygen atoms in total. The summed E-state index contributed by atoms with van der Waals surface area (Å²) in [5, 5.41) is 10.2. The van der Waals surface area contributed by atoms with Crippen LogP contribution in [0.2, 0.25) is 18.1 Å². The lowest BCUT2D eigenvalue weighted by atomic mass is 10.1. The fraction of sp³-hybridized carbons (Fsp3) is 0.867. The van der Waals surface area contributed by atoms with E-state index in [1.165, 1.54) is 0 Å². The van der Waals surface area contributed by atoms with Crippen LogP contribution in [0.1, 0.15) is 41.5 Å². The molecule has 1 aliphatic rings. The first-order valence-corrected chi connectivity index (χ1v) is 9.96. The zero-order valence-electron chi connectivity index (χ0n) is 13.7. The molecule has 19 heavy (non-hydrogen) atoms. The van der Waals surface area contributed by atoms with Crippen LogP contribution in [-0.2, 0) is 9.16 Å². The van der Waals surface area contributed by atoms with Crippen molar-refractivity contribution in [1.82, 2.24) is 0 Å². The Morgan fingerprint density at radius 1 is 1.00 bits per heavy atom. The summed E-state index contributed by atoms with van der Waals surface area (Å²) in [5.41, 5.74) is -0.242. The Kier molecular flexibility index (Phi) is 4.73. The Balaban J connectivity index is 2.80. The van der Waals surface area contributed by atoms with E-state index in [9.17, 15) is 5.11 Å². The number of hydrogen-bond acceptors (Lipinski definition) is 3. The quantitative estimate of drug-likeness (QED) is 0.637. The van der Waals surface area contributed by atoms with Gasteiger partial charge < -0.3 is 14.3 Å². The van der Waals surface area contributed by atoms with Gasteiger partial charge in [-0.3, -0.25) is 0 Å². The summed E-state index contributed by atoms with van der Waals surface area (Å²) < 4.78 is 12.3. The van der Waals surface area contributed by atoms with Gasteiger partial charge in [0.05, 0.1) is 11.7 Å². The summed E-state index contributed by atoms with van der Waals surface area (Å²) in [6.07, 6.45) is 2.70. The third-order valence-electron chi connectivity index (χ3n) is 3.88. The van der Waals surface area contributed by atoms with Gasteiger partial charge in [0.15, 0.2) is 8.32 Å². The number of aliphatic hydroxyl groups is 1. The lowest BCUT2D eigenvalue weighted by molar-refractivity contribution is -0.0975. The molecule has 1 rings (SSSR count). The van der Waals surface area contributed by atoms with Crippen molar-refractivity contribution in [2.45, 2.75) is 83.6 Å². The van der Waals surface area contributed by atoms with Crippen molar-refractivity contribution in [3.8, 4) is 0 Å². The second-order valence-corrected chi connectivity index (χ2v) is 12.7. The molecule has 3 atom stereocenters.